The Morgan fingerprint density at radius 2 is 2.06 bits per heavy atom. The molecule has 0 amide bonds. The summed E-state index contributed by atoms with van der Waals surface area (Å²) in [7, 11) is 0. The lowest BCUT2D eigenvalue weighted by Crippen LogP contribution is -2.41. The number of nitrogens with two attached hydrogens (primary N) is 1. The highest BCUT2D eigenvalue weighted by Crippen LogP contribution is 2.30. The quantitative estimate of drug-likeness (QED) is 0.797. The van der Waals surface area contributed by atoms with Gasteiger partial charge < -0.3 is 15.4 Å². The van der Waals surface area contributed by atoms with Crippen molar-refractivity contribution < 1.29 is 4.74 Å². The van der Waals surface area contributed by atoms with Crippen LogP contribution >= 0.6 is 0 Å². The number of hydrogen-bond acceptors (Lipinski definition) is 3. The van der Waals surface area contributed by atoms with E-state index in [0.29, 0.717) is 6.10 Å². The first-order chi connectivity index (χ1) is 7.68. The van der Waals surface area contributed by atoms with E-state index in [-0.39, 0.29) is 5.54 Å². The van der Waals surface area contributed by atoms with Crippen LogP contribution in [0.4, 0.5) is 0 Å². The molecule has 0 aromatic heterocycles. The van der Waals surface area contributed by atoms with Crippen LogP contribution in [0.2, 0.25) is 0 Å². The molecule has 0 aromatic rings. The van der Waals surface area contributed by atoms with Crippen molar-refractivity contribution in [2.24, 2.45) is 5.73 Å². The summed E-state index contributed by atoms with van der Waals surface area (Å²) in [6.07, 6.45) is 7.84. The van der Waals surface area contributed by atoms with Gasteiger partial charge in [-0.05, 0) is 39.2 Å². The Kier molecular flexibility index (Phi) is 4.22. The van der Waals surface area contributed by atoms with E-state index in [4.69, 9.17) is 10.5 Å². The highest BCUT2D eigenvalue weighted by molar-refractivity contribution is 4.90. The third kappa shape index (κ3) is 3.44. The second-order valence-corrected chi connectivity index (χ2v) is 5.66. The number of ether oxygens (including phenoxy) is 1. The van der Waals surface area contributed by atoms with Crippen LogP contribution in [0.5, 0.6) is 0 Å². The normalized spacial score (nSPS) is 31.5. The Labute approximate surface area is 99.3 Å². The van der Waals surface area contributed by atoms with Gasteiger partial charge in [0.15, 0.2) is 0 Å². The van der Waals surface area contributed by atoms with Crippen molar-refractivity contribution in [3.63, 3.8) is 0 Å². The van der Waals surface area contributed by atoms with Gasteiger partial charge in [0, 0.05) is 25.2 Å². The van der Waals surface area contributed by atoms with Gasteiger partial charge in [-0.3, -0.25) is 0 Å². The largest absolute Gasteiger partial charge is 0.377 e. The van der Waals surface area contributed by atoms with Crippen LogP contribution in [0, 0.1) is 0 Å². The predicted octanol–water partition coefficient (Wildman–Crippen LogP) is 1.76. The van der Waals surface area contributed by atoms with Crippen LogP contribution in [-0.2, 0) is 4.74 Å². The zero-order valence-electron chi connectivity index (χ0n) is 10.6. The van der Waals surface area contributed by atoms with E-state index >= 15 is 0 Å². The van der Waals surface area contributed by atoms with Gasteiger partial charge in [0.05, 0.1) is 6.10 Å². The molecule has 3 nitrogen and oxygen atoms in total. The molecule has 2 N–H and O–H groups in total. The molecule has 2 aliphatic rings. The lowest BCUT2D eigenvalue weighted by molar-refractivity contribution is 0.0667. The fraction of sp³-hybridized carbons (Fsp3) is 1.00. The molecule has 16 heavy (non-hydrogen) atoms. The molecule has 0 aromatic carbocycles. The van der Waals surface area contributed by atoms with E-state index in [0.717, 1.165) is 19.7 Å². The molecular weight excluding hydrogens is 200 g/mol. The number of nitrogens with zero attached hydrogens (tertiary/aromatic N) is 1. The molecule has 1 atom stereocenters. The SMILES string of the molecule is CC1CN(CCC2(N)CCCC2)CCCO1. The van der Waals surface area contributed by atoms with Crippen molar-refractivity contribution in [2.45, 2.75) is 57.1 Å². The molecule has 1 unspecified atom stereocenters. The second kappa shape index (κ2) is 5.48. The first kappa shape index (κ1) is 12.3. The van der Waals surface area contributed by atoms with Crippen LogP contribution in [-0.4, -0.2) is 42.8 Å². The van der Waals surface area contributed by atoms with Crippen LogP contribution in [0.1, 0.15) is 45.4 Å². The van der Waals surface area contributed by atoms with E-state index in [2.05, 4.69) is 11.8 Å². The lowest BCUT2D eigenvalue weighted by Gasteiger charge is -2.28. The molecule has 2 rings (SSSR count). The van der Waals surface area contributed by atoms with Gasteiger partial charge in [0.1, 0.15) is 0 Å². The number of hydrogen-bond donors (Lipinski definition) is 1. The van der Waals surface area contributed by atoms with Gasteiger partial charge in [0.2, 0.25) is 0 Å². The summed E-state index contributed by atoms with van der Waals surface area (Å²) in [6.45, 7) is 6.51. The molecule has 2 fully saturated rings. The van der Waals surface area contributed by atoms with E-state index in [9.17, 15) is 0 Å². The van der Waals surface area contributed by atoms with Crippen LogP contribution in [0.15, 0.2) is 0 Å². The molecular formula is C13H26N2O. The topological polar surface area (TPSA) is 38.5 Å². The van der Waals surface area contributed by atoms with Gasteiger partial charge in [-0.1, -0.05) is 12.8 Å². The van der Waals surface area contributed by atoms with Crippen molar-refractivity contribution in [1.29, 1.82) is 0 Å². The summed E-state index contributed by atoms with van der Waals surface area (Å²) in [5.41, 5.74) is 6.54. The first-order valence-corrected chi connectivity index (χ1v) is 6.81. The molecule has 1 aliphatic heterocycles. The minimum Gasteiger partial charge on any atom is -0.377 e. The summed E-state index contributed by atoms with van der Waals surface area (Å²) in [6, 6.07) is 0. The van der Waals surface area contributed by atoms with Crippen molar-refractivity contribution >= 4 is 0 Å². The maximum Gasteiger partial charge on any atom is 0.0673 e. The average molecular weight is 226 g/mol. The van der Waals surface area contributed by atoms with Crippen molar-refractivity contribution in [3.05, 3.63) is 0 Å². The van der Waals surface area contributed by atoms with Crippen LogP contribution in [0.3, 0.4) is 0 Å². The third-order valence-corrected chi connectivity index (χ3v) is 4.06. The van der Waals surface area contributed by atoms with Gasteiger partial charge in [0.25, 0.3) is 0 Å². The van der Waals surface area contributed by atoms with E-state index in [1.807, 2.05) is 0 Å². The zero-order valence-corrected chi connectivity index (χ0v) is 10.6. The molecule has 94 valence electrons. The fourth-order valence-corrected chi connectivity index (χ4v) is 2.99. The maximum absolute atomic E-state index is 6.39. The van der Waals surface area contributed by atoms with Gasteiger partial charge >= 0.3 is 0 Å². The molecule has 0 spiro atoms. The van der Waals surface area contributed by atoms with E-state index < -0.39 is 0 Å². The smallest absolute Gasteiger partial charge is 0.0673 e. The summed E-state index contributed by atoms with van der Waals surface area (Å²) >= 11 is 0. The molecule has 1 saturated carbocycles. The molecule has 3 heteroatoms. The Hall–Kier alpha value is -0.120. The Morgan fingerprint density at radius 1 is 1.31 bits per heavy atom. The predicted molar refractivity (Wildman–Crippen MR) is 66.5 cm³/mol. The average Bonchev–Trinajstić information content (AvgIpc) is 2.57. The van der Waals surface area contributed by atoms with Gasteiger partial charge in [-0.25, -0.2) is 0 Å². The standard InChI is InChI=1S/C13H26N2O/c1-12-11-15(8-4-10-16-12)9-7-13(14)5-2-3-6-13/h12H,2-11,14H2,1H3. The summed E-state index contributed by atoms with van der Waals surface area (Å²) in [5.74, 6) is 0. The minimum atomic E-state index is 0.149. The van der Waals surface area contributed by atoms with E-state index in [1.54, 1.807) is 0 Å². The molecule has 1 aliphatic carbocycles. The summed E-state index contributed by atoms with van der Waals surface area (Å²) in [4.78, 5) is 2.53. The fourth-order valence-electron chi connectivity index (χ4n) is 2.99. The minimum absolute atomic E-state index is 0.149. The molecule has 1 saturated heterocycles. The maximum atomic E-state index is 6.39. The summed E-state index contributed by atoms with van der Waals surface area (Å²) in [5, 5.41) is 0. The first-order valence-electron chi connectivity index (χ1n) is 6.81. The Balaban J connectivity index is 1.75. The third-order valence-electron chi connectivity index (χ3n) is 4.06. The van der Waals surface area contributed by atoms with Crippen molar-refractivity contribution in [2.75, 3.05) is 26.2 Å². The molecule has 1 heterocycles. The number of rotatable bonds is 3. The van der Waals surface area contributed by atoms with Crippen molar-refractivity contribution in [3.8, 4) is 0 Å². The Bertz CT molecular complexity index is 214. The lowest BCUT2D eigenvalue weighted by atomic mass is 9.94. The second-order valence-electron chi connectivity index (χ2n) is 5.66. The highest BCUT2D eigenvalue weighted by Gasteiger charge is 2.29. The van der Waals surface area contributed by atoms with E-state index in [1.165, 1.54) is 45.1 Å². The monoisotopic (exact) mass is 226 g/mol. The summed E-state index contributed by atoms with van der Waals surface area (Å²) < 4.78 is 5.66. The Morgan fingerprint density at radius 3 is 2.81 bits per heavy atom. The van der Waals surface area contributed by atoms with Gasteiger partial charge in [-0.2, -0.15) is 0 Å². The molecule has 0 bridgehead atoms. The zero-order chi connectivity index (χ0) is 11.4. The van der Waals surface area contributed by atoms with Crippen LogP contribution in [0.25, 0.3) is 0 Å². The van der Waals surface area contributed by atoms with Gasteiger partial charge in [-0.15, -0.1) is 0 Å². The molecule has 0 radical (unpaired) electrons. The van der Waals surface area contributed by atoms with Crippen LogP contribution < -0.4 is 5.73 Å². The highest BCUT2D eigenvalue weighted by atomic mass is 16.5. The van der Waals surface area contributed by atoms with Crippen molar-refractivity contribution in [1.82, 2.24) is 4.90 Å².